The van der Waals surface area contributed by atoms with E-state index >= 15 is 0 Å². The van der Waals surface area contributed by atoms with Crippen molar-refractivity contribution in [3.05, 3.63) is 47.0 Å². The Bertz CT molecular complexity index is 879. The van der Waals surface area contributed by atoms with Crippen LogP contribution < -0.4 is 5.32 Å². The molecule has 2 aromatic rings. The number of carbonyl (C=O) groups is 2. The van der Waals surface area contributed by atoms with Crippen molar-refractivity contribution in [1.29, 1.82) is 0 Å². The molecule has 3 heterocycles. The molecule has 2 amide bonds. The van der Waals surface area contributed by atoms with Crippen molar-refractivity contribution in [3.63, 3.8) is 0 Å². The fourth-order valence-electron chi connectivity index (χ4n) is 3.87. The molecule has 0 spiro atoms. The number of nitrogens with one attached hydrogen (secondary N) is 1. The average Bonchev–Trinajstić information content (AvgIpc) is 3.10. The van der Waals surface area contributed by atoms with E-state index in [2.05, 4.69) is 22.2 Å². The molecule has 1 saturated heterocycles. The zero-order valence-corrected chi connectivity index (χ0v) is 16.6. The van der Waals surface area contributed by atoms with Gasteiger partial charge in [-0.2, -0.15) is 0 Å². The number of nitrogens with zero attached hydrogens (tertiary/aromatic N) is 4. The van der Waals surface area contributed by atoms with Crippen LogP contribution in [-0.2, 0) is 13.0 Å². The Morgan fingerprint density at radius 2 is 1.71 bits per heavy atom. The molecule has 4 rings (SSSR count). The maximum Gasteiger partial charge on any atom is 0.291 e. The summed E-state index contributed by atoms with van der Waals surface area (Å²) in [4.78, 5) is 34.6. The molecule has 7 heteroatoms. The van der Waals surface area contributed by atoms with E-state index in [0.717, 1.165) is 55.8 Å². The Morgan fingerprint density at radius 3 is 2.43 bits per heavy atom. The molecule has 2 aliphatic rings. The number of aryl methyl sites for hydroxylation is 1. The lowest BCUT2D eigenvalue weighted by atomic mass is 10.1. The first kappa shape index (κ1) is 18.7. The third-order valence-corrected chi connectivity index (χ3v) is 5.62. The number of piperazine rings is 1. The number of anilines is 1. The van der Waals surface area contributed by atoms with Gasteiger partial charge in [0.15, 0.2) is 5.82 Å². The second-order valence-electron chi connectivity index (χ2n) is 7.76. The monoisotopic (exact) mass is 381 g/mol. The maximum atomic E-state index is 13.1. The summed E-state index contributed by atoms with van der Waals surface area (Å²) in [6.07, 6.45) is 2.81. The number of rotatable bonds is 3. The summed E-state index contributed by atoms with van der Waals surface area (Å²) in [6.45, 7) is 5.87. The molecule has 0 saturated carbocycles. The smallest absolute Gasteiger partial charge is 0.291 e. The minimum atomic E-state index is -0.260. The molecule has 28 heavy (non-hydrogen) atoms. The highest BCUT2D eigenvalue weighted by molar-refractivity contribution is 6.03. The molecule has 0 atom stereocenters. The van der Waals surface area contributed by atoms with Gasteiger partial charge in [0.25, 0.3) is 11.8 Å². The lowest BCUT2D eigenvalue weighted by Gasteiger charge is -2.32. The van der Waals surface area contributed by atoms with Crippen LogP contribution in [0.2, 0.25) is 0 Å². The summed E-state index contributed by atoms with van der Waals surface area (Å²) in [7, 11) is 2.06. The number of imidazole rings is 1. The van der Waals surface area contributed by atoms with Crippen LogP contribution in [0.15, 0.2) is 24.3 Å². The molecule has 0 radical (unpaired) electrons. The second-order valence-corrected chi connectivity index (χ2v) is 7.76. The first-order valence-electron chi connectivity index (χ1n) is 9.98. The SMILES string of the molecule is Cc1ccc(NC(=O)c2nc(C(=O)N3CCN(C)CC3)c3n2CCCC3)cc1. The van der Waals surface area contributed by atoms with Gasteiger partial charge in [-0.05, 0) is 45.4 Å². The van der Waals surface area contributed by atoms with Crippen LogP contribution in [0, 0.1) is 6.92 Å². The highest BCUT2D eigenvalue weighted by Crippen LogP contribution is 2.23. The van der Waals surface area contributed by atoms with Gasteiger partial charge in [-0.25, -0.2) is 4.98 Å². The third kappa shape index (κ3) is 3.67. The zero-order valence-electron chi connectivity index (χ0n) is 16.6. The van der Waals surface area contributed by atoms with Crippen molar-refractivity contribution in [3.8, 4) is 0 Å². The molecule has 148 valence electrons. The van der Waals surface area contributed by atoms with Gasteiger partial charge in [-0.3, -0.25) is 9.59 Å². The molecule has 1 aromatic carbocycles. The lowest BCUT2D eigenvalue weighted by Crippen LogP contribution is -2.47. The highest BCUT2D eigenvalue weighted by atomic mass is 16.2. The van der Waals surface area contributed by atoms with E-state index < -0.39 is 0 Å². The summed E-state index contributed by atoms with van der Waals surface area (Å²) in [6, 6.07) is 7.67. The molecule has 1 fully saturated rings. The molecule has 2 aliphatic heterocycles. The minimum Gasteiger partial charge on any atom is -0.335 e. The molecular formula is C21H27N5O2. The topological polar surface area (TPSA) is 70.5 Å². The Labute approximate surface area is 165 Å². The van der Waals surface area contributed by atoms with Crippen LogP contribution in [0.25, 0.3) is 0 Å². The fraction of sp³-hybridized carbons (Fsp3) is 0.476. The normalized spacial score (nSPS) is 17.3. The van der Waals surface area contributed by atoms with E-state index in [0.29, 0.717) is 24.6 Å². The predicted molar refractivity (Wildman–Crippen MR) is 108 cm³/mol. The van der Waals surface area contributed by atoms with Crippen LogP contribution in [0.4, 0.5) is 5.69 Å². The number of benzene rings is 1. The van der Waals surface area contributed by atoms with Crippen molar-refractivity contribution in [1.82, 2.24) is 19.4 Å². The summed E-state index contributed by atoms with van der Waals surface area (Å²) in [5, 5.41) is 2.92. The van der Waals surface area contributed by atoms with Crippen molar-refractivity contribution in [2.24, 2.45) is 0 Å². The third-order valence-electron chi connectivity index (χ3n) is 5.62. The van der Waals surface area contributed by atoms with Crippen LogP contribution in [0.5, 0.6) is 0 Å². The van der Waals surface area contributed by atoms with E-state index in [-0.39, 0.29) is 11.8 Å². The van der Waals surface area contributed by atoms with Crippen molar-refractivity contribution in [2.75, 3.05) is 38.5 Å². The van der Waals surface area contributed by atoms with E-state index in [1.807, 2.05) is 40.7 Å². The molecule has 0 bridgehead atoms. The van der Waals surface area contributed by atoms with E-state index in [1.54, 1.807) is 0 Å². The minimum absolute atomic E-state index is 0.0480. The highest BCUT2D eigenvalue weighted by Gasteiger charge is 2.30. The van der Waals surface area contributed by atoms with Gasteiger partial charge in [-0.15, -0.1) is 0 Å². The largest absolute Gasteiger partial charge is 0.335 e. The van der Waals surface area contributed by atoms with E-state index in [1.165, 1.54) is 0 Å². The Balaban J connectivity index is 1.60. The van der Waals surface area contributed by atoms with E-state index in [9.17, 15) is 9.59 Å². The summed E-state index contributed by atoms with van der Waals surface area (Å²) >= 11 is 0. The summed E-state index contributed by atoms with van der Waals surface area (Å²) < 4.78 is 1.94. The molecule has 0 unspecified atom stereocenters. The van der Waals surface area contributed by atoms with E-state index in [4.69, 9.17) is 0 Å². The van der Waals surface area contributed by atoms with Gasteiger partial charge in [0.2, 0.25) is 0 Å². The number of carbonyl (C=O) groups excluding carboxylic acids is 2. The van der Waals surface area contributed by atoms with Crippen LogP contribution in [0.1, 0.15) is 45.2 Å². The fourth-order valence-corrected chi connectivity index (χ4v) is 3.87. The number of aromatic nitrogens is 2. The quantitative estimate of drug-likeness (QED) is 0.885. The van der Waals surface area contributed by atoms with Gasteiger partial charge in [-0.1, -0.05) is 17.7 Å². The van der Waals surface area contributed by atoms with Crippen LogP contribution in [-0.4, -0.2) is 64.4 Å². The first-order valence-corrected chi connectivity index (χ1v) is 9.98. The van der Waals surface area contributed by atoms with Crippen molar-refractivity contribution in [2.45, 2.75) is 32.7 Å². The predicted octanol–water partition coefficient (Wildman–Crippen LogP) is 2.17. The van der Waals surface area contributed by atoms with Gasteiger partial charge in [0.05, 0.1) is 5.69 Å². The number of likely N-dealkylation sites (N-methyl/N-ethyl adjacent to an activating group) is 1. The van der Waals surface area contributed by atoms with Crippen molar-refractivity contribution >= 4 is 17.5 Å². The Hall–Kier alpha value is -2.67. The van der Waals surface area contributed by atoms with Gasteiger partial charge >= 0.3 is 0 Å². The molecule has 0 aliphatic carbocycles. The van der Waals surface area contributed by atoms with Crippen LogP contribution in [0.3, 0.4) is 0 Å². The zero-order chi connectivity index (χ0) is 19.7. The summed E-state index contributed by atoms with van der Waals surface area (Å²) in [5.41, 5.74) is 3.23. The molecular weight excluding hydrogens is 354 g/mol. The van der Waals surface area contributed by atoms with Gasteiger partial charge in [0, 0.05) is 38.4 Å². The van der Waals surface area contributed by atoms with Crippen molar-refractivity contribution < 1.29 is 9.59 Å². The number of amides is 2. The van der Waals surface area contributed by atoms with Gasteiger partial charge in [0.1, 0.15) is 5.69 Å². The number of hydrogen-bond acceptors (Lipinski definition) is 4. The maximum absolute atomic E-state index is 13.1. The molecule has 1 N–H and O–H groups in total. The number of fused-ring (bicyclic) bond motifs is 1. The Morgan fingerprint density at radius 1 is 1.00 bits per heavy atom. The van der Waals surface area contributed by atoms with Gasteiger partial charge < -0.3 is 19.7 Å². The standard InChI is InChI=1S/C21H27N5O2/c1-15-6-8-16(9-7-15)22-20(27)19-23-18(17-5-3-4-10-26(17)19)21(28)25-13-11-24(2)12-14-25/h6-9H,3-5,10-14H2,1-2H3,(H,22,27). The summed E-state index contributed by atoms with van der Waals surface area (Å²) in [5.74, 6) is 0.0327. The number of hydrogen-bond donors (Lipinski definition) is 1. The average molecular weight is 381 g/mol. The van der Waals surface area contributed by atoms with Crippen LogP contribution >= 0.6 is 0 Å². The first-order chi connectivity index (χ1) is 13.5. The molecule has 7 nitrogen and oxygen atoms in total. The Kier molecular flexibility index (Phi) is 5.17. The lowest BCUT2D eigenvalue weighted by molar-refractivity contribution is 0.0657. The molecule has 1 aromatic heterocycles. The second kappa shape index (κ2) is 7.75.